The van der Waals surface area contributed by atoms with Gasteiger partial charge in [0, 0.05) is 11.1 Å². The highest BCUT2D eigenvalue weighted by Crippen LogP contribution is 2.45. The van der Waals surface area contributed by atoms with Crippen molar-refractivity contribution < 1.29 is 15.0 Å². The Balaban J connectivity index is 2.52. The largest absolute Gasteiger partial charge is 0.465 e. The summed E-state index contributed by atoms with van der Waals surface area (Å²) >= 11 is 0. The van der Waals surface area contributed by atoms with Crippen molar-refractivity contribution in [1.29, 1.82) is 0 Å². The molecular weight excluding hydrogens is 242 g/mol. The van der Waals surface area contributed by atoms with Crippen LogP contribution in [0.1, 0.15) is 45.6 Å². The van der Waals surface area contributed by atoms with E-state index in [4.69, 9.17) is 0 Å². The van der Waals surface area contributed by atoms with Crippen molar-refractivity contribution >= 4 is 11.8 Å². The molecule has 0 heterocycles. The Bertz CT molecular complexity index is 486. The molecule has 0 saturated heterocycles. The van der Waals surface area contributed by atoms with E-state index in [1.807, 2.05) is 39.0 Å². The molecule has 0 unspecified atom stereocenters. The molecule has 104 valence electrons. The van der Waals surface area contributed by atoms with E-state index in [1.54, 1.807) is 6.07 Å². The standard InChI is InChI=1S/C15H21NO3/c1-14(2,3)16(13(17)18)12-8-5-4-7-11(12)15(19)9-6-10-15/h4-5,7-8,19H,6,9-10H2,1-3H3,(H,17,18). The van der Waals surface area contributed by atoms with Gasteiger partial charge in [-0.15, -0.1) is 0 Å². The van der Waals surface area contributed by atoms with E-state index < -0.39 is 17.2 Å². The molecule has 4 heteroatoms. The molecule has 1 amide bonds. The van der Waals surface area contributed by atoms with Crippen LogP contribution >= 0.6 is 0 Å². The van der Waals surface area contributed by atoms with Gasteiger partial charge in [0.15, 0.2) is 0 Å². The highest BCUT2D eigenvalue weighted by Gasteiger charge is 2.40. The molecule has 0 radical (unpaired) electrons. The van der Waals surface area contributed by atoms with Crippen LogP contribution in [0.15, 0.2) is 24.3 Å². The summed E-state index contributed by atoms with van der Waals surface area (Å²) in [6.07, 6.45) is 1.37. The summed E-state index contributed by atoms with van der Waals surface area (Å²) in [5.74, 6) is 0. The van der Waals surface area contributed by atoms with Crippen molar-refractivity contribution in [1.82, 2.24) is 0 Å². The Morgan fingerprint density at radius 3 is 2.26 bits per heavy atom. The summed E-state index contributed by atoms with van der Waals surface area (Å²) in [4.78, 5) is 12.9. The molecule has 0 bridgehead atoms. The lowest BCUT2D eigenvalue weighted by atomic mass is 9.74. The van der Waals surface area contributed by atoms with Crippen molar-refractivity contribution in [2.45, 2.75) is 51.2 Å². The number of rotatable bonds is 2. The van der Waals surface area contributed by atoms with Crippen LogP contribution in [0.2, 0.25) is 0 Å². The van der Waals surface area contributed by atoms with Crippen LogP contribution in [-0.2, 0) is 5.60 Å². The quantitative estimate of drug-likeness (QED) is 0.860. The van der Waals surface area contributed by atoms with E-state index in [9.17, 15) is 15.0 Å². The second-order valence-corrected chi connectivity index (χ2v) is 6.19. The minimum atomic E-state index is -0.997. The maximum Gasteiger partial charge on any atom is 0.412 e. The maximum atomic E-state index is 11.6. The SMILES string of the molecule is CC(C)(C)N(C(=O)O)c1ccccc1C1(O)CCC1. The number of nitrogens with zero attached hydrogens (tertiary/aromatic N) is 1. The Labute approximate surface area is 113 Å². The van der Waals surface area contributed by atoms with Crippen LogP contribution < -0.4 is 4.90 Å². The molecule has 0 atom stereocenters. The molecule has 1 aliphatic carbocycles. The Hall–Kier alpha value is -1.55. The number of hydrogen-bond acceptors (Lipinski definition) is 2. The average Bonchev–Trinajstić information content (AvgIpc) is 2.24. The molecule has 1 saturated carbocycles. The van der Waals surface area contributed by atoms with Crippen LogP contribution in [0.4, 0.5) is 10.5 Å². The molecule has 2 rings (SSSR count). The fourth-order valence-electron chi connectivity index (χ4n) is 2.59. The Morgan fingerprint density at radius 2 is 1.84 bits per heavy atom. The topological polar surface area (TPSA) is 60.8 Å². The molecule has 0 aromatic heterocycles. The molecule has 0 spiro atoms. The summed E-state index contributed by atoms with van der Waals surface area (Å²) in [6, 6.07) is 7.25. The first kappa shape index (κ1) is 13.9. The van der Waals surface area contributed by atoms with Gasteiger partial charge in [0.05, 0.1) is 11.3 Å². The monoisotopic (exact) mass is 263 g/mol. The van der Waals surface area contributed by atoms with Gasteiger partial charge in [0.2, 0.25) is 0 Å². The van der Waals surface area contributed by atoms with Crippen molar-refractivity contribution in [3.05, 3.63) is 29.8 Å². The van der Waals surface area contributed by atoms with Gasteiger partial charge in [0.1, 0.15) is 0 Å². The molecule has 4 nitrogen and oxygen atoms in total. The first-order chi connectivity index (χ1) is 8.76. The number of hydrogen-bond donors (Lipinski definition) is 2. The third-order valence-electron chi connectivity index (χ3n) is 3.69. The lowest BCUT2D eigenvalue weighted by Gasteiger charge is -2.42. The van der Waals surface area contributed by atoms with Crippen molar-refractivity contribution in [3.8, 4) is 0 Å². The van der Waals surface area contributed by atoms with E-state index >= 15 is 0 Å². The molecule has 0 aliphatic heterocycles. The number of carbonyl (C=O) groups is 1. The van der Waals surface area contributed by atoms with Crippen LogP contribution in [0, 0.1) is 0 Å². The number of carboxylic acid groups (broad SMARTS) is 1. The molecule has 1 aliphatic rings. The van der Waals surface area contributed by atoms with Gasteiger partial charge in [-0.3, -0.25) is 4.90 Å². The number of benzene rings is 1. The van der Waals surface area contributed by atoms with Gasteiger partial charge in [-0.05, 0) is 46.1 Å². The average molecular weight is 263 g/mol. The molecule has 19 heavy (non-hydrogen) atoms. The predicted octanol–water partition coefficient (Wildman–Crippen LogP) is 3.34. The van der Waals surface area contributed by atoms with Crippen LogP contribution in [0.25, 0.3) is 0 Å². The van der Waals surface area contributed by atoms with E-state index in [0.717, 1.165) is 12.0 Å². The summed E-state index contributed by atoms with van der Waals surface area (Å²) in [7, 11) is 0. The lowest BCUT2D eigenvalue weighted by Crippen LogP contribution is -2.47. The van der Waals surface area contributed by atoms with Gasteiger partial charge < -0.3 is 10.2 Å². The van der Waals surface area contributed by atoms with Gasteiger partial charge in [-0.2, -0.15) is 0 Å². The molecule has 2 N–H and O–H groups in total. The molecule has 1 aromatic carbocycles. The number of anilines is 1. The van der Waals surface area contributed by atoms with E-state index in [-0.39, 0.29) is 0 Å². The van der Waals surface area contributed by atoms with Gasteiger partial charge in [-0.25, -0.2) is 4.79 Å². The number of para-hydroxylation sites is 1. The van der Waals surface area contributed by atoms with Gasteiger partial charge in [0.25, 0.3) is 0 Å². The molecular formula is C15H21NO3. The second-order valence-electron chi connectivity index (χ2n) is 6.19. The fraction of sp³-hybridized carbons (Fsp3) is 0.533. The minimum absolute atomic E-state index is 0.554. The third kappa shape index (κ3) is 2.45. The fourth-order valence-corrected chi connectivity index (χ4v) is 2.59. The first-order valence-corrected chi connectivity index (χ1v) is 6.61. The van der Waals surface area contributed by atoms with Gasteiger partial charge in [-0.1, -0.05) is 18.2 Å². The zero-order chi connectivity index (χ0) is 14.3. The summed E-state index contributed by atoms with van der Waals surface area (Å²) in [5.41, 5.74) is -0.110. The molecule has 1 aromatic rings. The normalized spacial score (nSPS) is 17.7. The van der Waals surface area contributed by atoms with Crippen LogP contribution in [0.5, 0.6) is 0 Å². The van der Waals surface area contributed by atoms with Crippen LogP contribution in [-0.4, -0.2) is 21.8 Å². The second kappa shape index (κ2) is 4.53. The summed E-state index contributed by atoms with van der Waals surface area (Å²) in [5, 5.41) is 20.0. The molecule has 1 fully saturated rings. The van der Waals surface area contributed by atoms with E-state index in [2.05, 4.69) is 0 Å². The lowest BCUT2D eigenvalue weighted by molar-refractivity contribution is -0.0383. The summed E-state index contributed by atoms with van der Waals surface area (Å²) in [6.45, 7) is 5.55. The third-order valence-corrected chi connectivity index (χ3v) is 3.69. The predicted molar refractivity (Wildman–Crippen MR) is 74.4 cm³/mol. The van der Waals surface area contributed by atoms with E-state index in [1.165, 1.54) is 4.90 Å². The van der Waals surface area contributed by atoms with E-state index in [0.29, 0.717) is 18.5 Å². The van der Waals surface area contributed by atoms with Gasteiger partial charge >= 0.3 is 6.09 Å². The first-order valence-electron chi connectivity index (χ1n) is 6.61. The van der Waals surface area contributed by atoms with Crippen LogP contribution in [0.3, 0.4) is 0 Å². The number of aliphatic hydroxyl groups is 1. The zero-order valence-electron chi connectivity index (χ0n) is 11.7. The maximum absolute atomic E-state index is 11.6. The van der Waals surface area contributed by atoms with Crippen molar-refractivity contribution in [2.24, 2.45) is 0 Å². The van der Waals surface area contributed by atoms with Crippen molar-refractivity contribution in [3.63, 3.8) is 0 Å². The Kier molecular flexibility index (Phi) is 3.31. The van der Waals surface area contributed by atoms with Crippen molar-refractivity contribution in [2.75, 3.05) is 4.90 Å². The minimum Gasteiger partial charge on any atom is -0.465 e. The smallest absolute Gasteiger partial charge is 0.412 e. The number of amides is 1. The summed E-state index contributed by atoms with van der Waals surface area (Å²) < 4.78 is 0. The highest BCUT2D eigenvalue weighted by molar-refractivity contribution is 5.89. The Morgan fingerprint density at radius 1 is 1.26 bits per heavy atom. The highest BCUT2D eigenvalue weighted by atomic mass is 16.4. The zero-order valence-corrected chi connectivity index (χ0v) is 11.7.